The second-order valence-corrected chi connectivity index (χ2v) is 3.58. The van der Waals surface area contributed by atoms with Crippen LogP contribution in [0.25, 0.3) is 0 Å². The fraction of sp³-hybridized carbons (Fsp3) is 0.545. The normalized spacial score (nSPS) is 13.6. The van der Waals surface area contributed by atoms with E-state index < -0.39 is 12.8 Å². The lowest BCUT2D eigenvalue weighted by Crippen LogP contribution is -2.21. The standard InChI is InChI=1S/C11H15F3N2O/c1-15-10(9-2-5-16-6-3-9)4-7-17-8-11(12,13)14/h2-3,5-6,10,15H,4,7-8H2,1H3. The predicted molar refractivity (Wildman–Crippen MR) is 57.5 cm³/mol. The van der Waals surface area contributed by atoms with E-state index in [9.17, 15) is 13.2 Å². The minimum atomic E-state index is -4.26. The Bertz CT molecular complexity index is 316. The molecule has 1 rings (SSSR count). The van der Waals surface area contributed by atoms with Crippen LogP contribution in [0.3, 0.4) is 0 Å². The summed E-state index contributed by atoms with van der Waals surface area (Å²) in [5.41, 5.74) is 0.984. The van der Waals surface area contributed by atoms with Crippen LogP contribution in [-0.4, -0.2) is 31.4 Å². The predicted octanol–water partition coefficient (Wildman–Crippen LogP) is 2.31. The third-order valence-electron chi connectivity index (χ3n) is 2.27. The van der Waals surface area contributed by atoms with E-state index in [4.69, 9.17) is 0 Å². The highest BCUT2D eigenvalue weighted by molar-refractivity contribution is 5.14. The molecule has 0 aliphatic carbocycles. The SMILES string of the molecule is CNC(CCOCC(F)(F)F)c1ccncc1. The fourth-order valence-electron chi connectivity index (χ4n) is 1.46. The summed E-state index contributed by atoms with van der Waals surface area (Å²) in [6.07, 6.45) is -0.477. The number of hydrogen-bond acceptors (Lipinski definition) is 3. The minimum Gasteiger partial charge on any atom is -0.372 e. The molecule has 3 nitrogen and oxygen atoms in total. The Morgan fingerprint density at radius 2 is 2.00 bits per heavy atom. The molecule has 1 aromatic heterocycles. The molecular formula is C11H15F3N2O. The van der Waals surface area contributed by atoms with Crippen molar-refractivity contribution in [3.63, 3.8) is 0 Å². The number of nitrogens with one attached hydrogen (secondary N) is 1. The van der Waals surface area contributed by atoms with Crippen molar-refractivity contribution in [1.29, 1.82) is 0 Å². The lowest BCUT2D eigenvalue weighted by molar-refractivity contribution is -0.174. The van der Waals surface area contributed by atoms with Crippen molar-refractivity contribution in [2.75, 3.05) is 20.3 Å². The Hall–Kier alpha value is -1.14. The molecule has 0 radical (unpaired) electrons. The van der Waals surface area contributed by atoms with Gasteiger partial charge in [-0.15, -0.1) is 0 Å². The van der Waals surface area contributed by atoms with Crippen molar-refractivity contribution in [3.8, 4) is 0 Å². The van der Waals surface area contributed by atoms with Gasteiger partial charge in [0.1, 0.15) is 6.61 Å². The fourth-order valence-corrected chi connectivity index (χ4v) is 1.46. The molecule has 0 aromatic carbocycles. The zero-order chi connectivity index (χ0) is 12.7. The summed E-state index contributed by atoms with van der Waals surface area (Å²) >= 11 is 0. The first-order valence-electron chi connectivity index (χ1n) is 5.24. The van der Waals surface area contributed by atoms with Gasteiger partial charge in [0.15, 0.2) is 0 Å². The zero-order valence-electron chi connectivity index (χ0n) is 9.50. The van der Waals surface area contributed by atoms with Crippen LogP contribution >= 0.6 is 0 Å². The molecule has 0 bridgehead atoms. The van der Waals surface area contributed by atoms with E-state index in [1.54, 1.807) is 19.4 Å². The Morgan fingerprint density at radius 1 is 1.35 bits per heavy atom. The maximum Gasteiger partial charge on any atom is 0.411 e. The number of alkyl halides is 3. The van der Waals surface area contributed by atoms with Gasteiger partial charge in [-0.1, -0.05) is 0 Å². The molecule has 1 aromatic rings. The van der Waals surface area contributed by atoms with Gasteiger partial charge in [-0.25, -0.2) is 0 Å². The van der Waals surface area contributed by atoms with Crippen molar-refractivity contribution in [1.82, 2.24) is 10.3 Å². The molecule has 0 aliphatic heterocycles. The zero-order valence-corrected chi connectivity index (χ0v) is 9.50. The molecule has 0 amide bonds. The number of ether oxygens (including phenoxy) is 1. The molecule has 96 valence electrons. The molecular weight excluding hydrogens is 233 g/mol. The van der Waals surface area contributed by atoms with Crippen molar-refractivity contribution < 1.29 is 17.9 Å². The number of nitrogens with zero attached hydrogens (tertiary/aromatic N) is 1. The van der Waals surface area contributed by atoms with E-state index >= 15 is 0 Å². The van der Waals surface area contributed by atoms with E-state index in [-0.39, 0.29) is 12.6 Å². The van der Waals surface area contributed by atoms with Gasteiger partial charge in [0.05, 0.1) is 0 Å². The number of aromatic nitrogens is 1. The van der Waals surface area contributed by atoms with Crippen molar-refractivity contribution in [3.05, 3.63) is 30.1 Å². The first-order chi connectivity index (χ1) is 8.03. The molecule has 1 heterocycles. The molecule has 0 saturated heterocycles. The second kappa shape index (κ2) is 6.56. The Morgan fingerprint density at radius 3 is 2.53 bits per heavy atom. The van der Waals surface area contributed by atoms with Crippen LogP contribution in [0, 0.1) is 0 Å². The Balaban J connectivity index is 2.34. The average molecular weight is 248 g/mol. The highest BCUT2D eigenvalue weighted by atomic mass is 19.4. The first-order valence-corrected chi connectivity index (χ1v) is 5.24. The van der Waals surface area contributed by atoms with E-state index in [0.717, 1.165) is 5.56 Å². The molecule has 0 spiro atoms. The molecule has 0 saturated carbocycles. The lowest BCUT2D eigenvalue weighted by atomic mass is 10.1. The maximum absolute atomic E-state index is 11.8. The largest absolute Gasteiger partial charge is 0.411 e. The number of pyridine rings is 1. The Kier molecular flexibility index (Phi) is 5.37. The number of hydrogen-bond donors (Lipinski definition) is 1. The molecule has 1 unspecified atom stereocenters. The summed E-state index contributed by atoms with van der Waals surface area (Å²) in [6.45, 7) is -1.13. The van der Waals surface area contributed by atoms with Crippen LogP contribution in [0.2, 0.25) is 0 Å². The number of halogens is 3. The molecule has 1 N–H and O–H groups in total. The summed E-state index contributed by atoms with van der Waals surface area (Å²) in [6, 6.07) is 3.63. The maximum atomic E-state index is 11.8. The van der Waals surface area contributed by atoms with E-state index in [1.807, 2.05) is 12.1 Å². The first kappa shape index (κ1) is 13.9. The smallest absolute Gasteiger partial charge is 0.372 e. The van der Waals surface area contributed by atoms with Gasteiger partial charge < -0.3 is 10.1 Å². The van der Waals surface area contributed by atoms with Gasteiger partial charge in [0, 0.05) is 25.0 Å². The number of rotatable bonds is 6. The van der Waals surface area contributed by atoms with Crippen LogP contribution in [0.5, 0.6) is 0 Å². The molecule has 6 heteroatoms. The summed E-state index contributed by atoms with van der Waals surface area (Å²) in [5.74, 6) is 0. The molecule has 1 atom stereocenters. The minimum absolute atomic E-state index is 0.0220. The van der Waals surface area contributed by atoms with Crippen LogP contribution in [0.4, 0.5) is 13.2 Å². The van der Waals surface area contributed by atoms with Gasteiger partial charge in [0.2, 0.25) is 0 Å². The third kappa shape index (κ3) is 5.65. The van der Waals surface area contributed by atoms with Crippen LogP contribution < -0.4 is 5.32 Å². The second-order valence-electron chi connectivity index (χ2n) is 3.58. The highest BCUT2D eigenvalue weighted by Crippen LogP contribution is 2.17. The summed E-state index contributed by atoms with van der Waals surface area (Å²) in [4.78, 5) is 3.88. The van der Waals surface area contributed by atoms with Crippen molar-refractivity contribution in [2.45, 2.75) is 18.6 Å². The van der Waals surface area contributed by atoms with E-state index in [0.29, 0.717) is 6.42 Å². The van der Waals surface area contributed by atoms with E-state index in [2.05, 4.69) is 15.0 Å². The summed E-state index contributed by atoms with van der Waals surface area (Å²) in [7, 11) is 1.76. The highest BCUT2D eigenvalue weighted by Gasteiger charge is 2.27. The third-order valence-corrected chi connectivity index (χ3v) is 2.27. The summed E-state index contributed by atoms with van der Waals surface area (Å²) in [5, 5.41) is 3.03. The van der Waals surface area contributed by atoms with Gasteiger partial charge in [-0.05, 0) is 31.2 Å². The topological polar surface area (TPSA) is 34.1 Å². The average Bonchev–Trinajstić information content (AvgIpc) is 2.29. The van der Waals surface area contributed by atoms with Gasteiger partial charge in [-0.2, -0.15) is 13.2 Å². The van der Waals surface area contributed by atoms with Gasteiger partial charge in [0.25, 0.3) is 0 Å². The quantitative estimate of drug-likeness (QED) is 0.784. The van der Waals surface area contributed by atoms with Crippen LogP contribution in [-0.2, 0) is 4.74 Å². The molecule has 0 aliphatic rings. The lowest BCUT2D eigenvalue weighted by Gasteiger charge is -2.16. The van der Waals surface area contributed by atoms with Crippen molar-refractivity contribution >= 4 is 0 Å². The van der Waals surface area contributed by atoms with Crippen LogP contribution in [0.1, 0.15) is 18.0 Å². The van der Waals surface area contributed by atoms with Gasteiger partial charge in [-0.3, -0.25) is 4.98 Å². The molecule has 0 fully saturated rings. The summed E-state index contributed by atoms with van der Waals surface area (Å²) < 4.78 is 40.1. The molecule has 17 heavy (non-hydrogen) atoms. The van der Waals surface area contributed by atoms with Gasteiger partial charge >= 0.3 is 6.18 Å². The van der Waals surface area contributed by atoms with Crippen LogP contribution in [0.15, 0.2) is 24.5 Å². The Labute approximate surface area is 98.0 Å². The van der Waals surface area contributed by atoms with E-state index in [1.165, 1.54) is 0 Å². The monoisotopic (exact) mass is 248 g/mol. The van der Waals surface area contributed by atoms with Crippen molar-refractivity contribution in [2.24, 2.45) is 0 Å².